The number of nitrogens with zero attached hydrogens (tertiary/aromatic N) is 1. The lowest BCUT2D eigenvalue weighted by atomic mass is 10.1. The Bertz CT molecular complexity index is 756. The van der Waals surface area contributed by atoms with E-state index in [1.54, 1.807) is 12.3 Å². The van der Waals surface area contributed by atoms with Gasteiger partial charge in [0.25, 0.3) is 0 Å². The average molecular weight is 352 g/mol. The summed E-state index contributed by atoms with van der Waals surface area (Å²) >= 11 is 0. The molecule has 0 radical (unpaired) electrons. The Morgan fingerprint density at radius 1 is 1.17 bits per heavy atom. The van der Waals surface area contributed by atoms with Gasteiger partial charge in [-0.1, -0.05) is 12.5 Å². The van der Waals surface area contributed by atoms with Gasteiger partial charge in [-0.3, -0.25) is 4.90 Å². The number of likely N-dealkylation sites (tertiary alicyclic amines) is 1. The third-order valence-corrected chi connectivity index (χ3v) is 5.70. The van der Waals surface area contributed by atoms with Crippen LogP contribution in [0.25, 0.3) is 0 Å². The van der Waals surface area contributed by atoms with Crippen molar-refractivity contribution in [3.63, 3.8) is 0 Å². The summed E-state index contributed by atoms with van der Waals surface area (Å²) in [5, 5.41) is 0. The van der Waals surface area contributed by atoms with E-state index in [2.05, 4.69) is 9.62 Å². The third kappa shape index (κ3) is 4.03. The first kappa shape index (κ1) is 17.1. The van der Waals surface area contributed by atoms with Crippen LogP contribution in [0.2, 0.25) is 0 Å². The van der Waals surface area contributed by atoms with Gasteiger partial charge in [0.15, 0.2) is 0 Å². The summed E-state index contributed by atoms with van der Waals surface area (Å²) in [6.07, 6.45) is 4.96. The molecule has 1 aromatic heterocycles. The zero-order valence-electron chi connectivity index (χ0n) is 13.3. The number of hydrogen-bond acceptors (Lipinski definition) is 4. The molecule has 0 amide bonds. The topological polar surface area (TPSA) is 62.6 Å². The highest BCUT2D eigenvalue weighted by Crippen LogP contribution is 2.25. The molecule has 0 bridgehead atoms. The molecule has 24 heavy (non-hydrogen) atoms. The van der Waals surface area contributed by atoms with Crippen LogP contribution in [0.3, 0.4) is 0 Å². The molecule has 1 fully saturated rings. The minimum absolute atomic E-state index is 0.0701. The molecule has 1 aliphatic rings. The van der Waals surface area contributed by atoms with E-state index in [1.165, 1.54) is 24.6 Å². The van der Waals surface area contributed by atoms with Crippen LogP contribution in [0.4, 0.5) is 4.39 Å². The van der Waals surface area contributed by atoms with Crippen LogP contribution >= 0.6 is 0 Å². The molecule has 1 aliphatic heterocycles. The number of sulfonamides is 1. The molecular formula is C17H21FN2O3S. The van der Waals surface area contributed by atoms with Gasteiger partial charge in [-0.15, -0.1) is 0 Å². The SMILES string of the molecule is O=S(=O)(NC[C@H](c1ccco1)N1CCCCC1)c1cccc(F)c1. The zero-order valence-corrected chi connectivity index (χ0v) is 14.1. The molecule has 0 aliphatic carbocycles. The predicted octanol–water partition coefficient (Wildman–Crippen LogP) is 2.92. The van der Waals surface area contributed by atoms with E-state index in [0.717, 1.165) is 37.8 Å². The van der Waals surface area contributed by atoms with Gasteiger partial charge in [0.05, 0.1) is 17.2 Å². The second-order valence-corrected chi connectivity index (χ2v) is 7.70. The summed E-state index contributed by atoms with van der Waals surface area (Å²) in [5.74, 6) is 0.162. The van der Waals surface area contributed by atoms with E-state index in [0.29, 0.717) is 0 Å². The lowest BCUT2D eigenvalue weighted by molar-refractivity contribution is 0.147. The van der Waals surface area contributed by atoms with Gasteiger partial charge < -0.3 is 4.42 Å². The highest BCUT2D eigenvalue weighted by molar-refractivity contribution is 7.89. The highest BCUT2D eigenvalue weighted by atomic mass is 32.2. The van der Waals surface area contributed by atoms with Crippen LogP contribution < -0.4 is 4.72 Å². The van der Waals surface area contributed by atoms with E-state index < -0.39 is 15.8 Å². The Hall–Kier alpha value is -1.70. The van der Waals surface area contributed by atoms with Crippen LogP contribution in [-0.4, -0.2) is 33.0 Å². The van der Waals surface area contributed by atoms with Crippen LogP contribution in [-0.2, 0) is 10.0 Å². The minimum Gasteiger partial charge on any atom is -0.468 e. The summed E-state index contributed by atoms with van der Waals surface area (Å²) in [7, 11) is -3.77. The number of piperidine rings is 1. The van der Waals surface area contributed by atoms with E-state index in [1.807, 2.05) is 6.07 Å². The van der Waals surface area contributed by atoms with Crippen molar-refractivity contribution in [1.29, 1.82) is 0 Å². The summed E-state index contributed by atoms with van der Waals surface area (Å²) in [5.41, 5.74) is 0. The van der Waals surface area contributed by atoms with Gasteiger partial charge in [-0.2, -0.15) is 0 Å². The summed E-state index contributed by atoms with van der Waals surface area (Å²) < 4.78 is 46.2. The largest absolute Gasteiger partial charge is 0.468 e. The molecule has 2 heterocycles. The van der Waals surface area contributed by atoms with Crippen molar-refractivity contribution in [2.45, 2.75) is 30.2 Å². The number of benzene rings is 1. The molecule has 2 aromatic rings. The second kappa shape index (κ2) is 7.46. The van der Waals surface area contributed by atoms with E-state index in [4.69, 9.17) is 4.42 Å². The fourth-order valence-corrected chi connectivity index (χ4v) is 4.10. The Morgan fingerprint density at radius 2 is 1.96 bits per heavy atom. The predicted molar refractivity (Wildman–Crippen MR) is 88.5 cm³/mol. The molecule has 0 spiro atoms. The molecule has 1 N–H and O–H groups in total. The quantitative estimate of drug-likeness (QED) is 0.868. The smallest absolute Gasteiger partial charge is 0.240 e. The van der Waals surface area contributed by atoms with E-state index >= 15 is 0 Å². The lowest BCUT2D eigenvalue weighted by Crippen LogP contribution is -2.40. The maximum Gasteiger partial charge on any atom is 0.240 e. The Morgan fingerprint density at radius 3 is 2.62 bits per heavy atom. The first-order valence-corrected chi connectivity index (χ1v) is 9.57. The molecule has 130 valence electrons. The van der Waals surface area contributed by atoms with Gasteiger partial charge in [0.1, 0.15) is 11.6 Å². The Labute approximate surface area is 141 Å². The number of hydrogen-bond donors (Lipinski definition) is 1. The first-order chi connectivity index (χ1) is 11.6. The van der Waals surface area contributed by atoms with Crippen molar-refractivity contribution in [1.82, 2.24) is 9.62 Å². The van der Waals surface area contributed by atoms with Crippen LogP contribution in [0.1, 0.15) is 31.1 Å². The van der Waals surface area contributed by atoms with Crippen molar-refractivity contribution in [3.05, 3.63) is 54.2 Å². The number of halogens is 1. The number of nitrogens with one attached hydrogen (secondary N) is 1. The molecule has 5 nitrogen and oxygen atoms in total. The van der Waals surface area contributed by atoms with Crippen molar-refractivity contribution in [2.24, 2.45) is 0 Å². The van der Waals surface area contributed by atoms with Crippen LogP contribution in [0.5, 0.6) is 0 Å². The number of furan rings is 1. The molecule has 1 atom stereocenters. The number of rotatable bonds is 6. The Balaban J connectivity index is 1.75. The zero-order chi connectivity index (χ0) is 17.0. The second-order valence-electron chi connectivity index (χ2n) is 5.94. The molecule has 7 heteroatoms. The fraction of sp³-hybridized carbons (Fsp3) is 0.412. The monoisotopic (exact) mass is 352 g/mol. The van der Waals surface area contributed by atoms with Gasteiger partial charge >= 0.3 is 0 Å². The van der Waals surface area contributed by atoms with Gasteiger partial charge in [-0.05, 0) is 56.3 Å². The first-order valence-electron chi connectivity index (χ1n) is 8.09. The maximum absolute atomic E-state index is 13.3. The van der Waals surface area contributed by atoms with Crippen LogP contribution in [0.15, 0.2) is 52.0 Å². The molecule has 0 unspecified atom stereocenters. The van der Waals surface area contributed by atoms with E-state index in [-0.39, 0.29) is 17.5 Å². The lowest BCUT2D eigenvalue weighted by Gasteiger charge is -2.33. The standard InChI is InChI=1S/C17H21FN2O3S/c18-14-6-4-7-15(12-14)24(21,22)19-13-16(17-8-5-11-23-17)20-9-2-1-3-10-20/h4-8,11-12,16,19H,1-3,9-10,13H2/t16-/m1/s1. The summed E-state index contributed by atoms with van der Waals surface area (Å²) in [6, 6.07) is 8.50. The third-order valence-electron chi connectivity index (χ3n) is 4.28. The van der Waals surface area contributed by atoms with Crippen LogP contribution in [0, 0.1) is 5.82 Å². The molecule has 0 saturated carbocycles. The van der Waals surface area contributed by atoms with E-state index in [9.17, 15) is 12.8 Å². The van der Waals surface area contributed by atoms with Crippen molar-refractivity contribution in [2.75, 3.05) is 19.6 Å². The van der Waals surface area contributed by atoms with Crippen molar-refractivity contribution < 1.29 is 17.2 Å². The Kier molecular flexibility index (Phi) is 5.33. The van der Waals surface area contributed by atoms with Gasteiger partial charge in [0.2, 0.25) is 10.0 Å². The normalized spacial score (nSPS) is 17.7. The molecular weight excluding hydrogens is 331 g/mol. The van der Waals surface area contributed by atoms with Gasteiger partial charge in [0, 0.05) is 6.54 Å². The molecule has 3 rings (SSSR count). The summed E-state index contributed by atoms with van der Waals surface area (Å²) in [6.45, 7) is 2.01. The fourth-order valence-electron chi connectivity index (χ4n) is 3.03. The highest BCUT2D eigenvalue weighted by Gasteiger charge is 2.26. The maximum atomic E-state index is 13.3. The van der Waals surface area contributed by atoms with Gasteiger partial charge in [-0.25, -0.2) is 17.5 Å². The average Bonchev–Trinajstić information content (AvgIpc) is 3.10. The van der Waals surface area contributed by atoms with Crippen molar-refractivity contribution in [3.8, 4) is 0 Å². The summed E-state index contributed by atoms with van der Waals surface area (Å²) in [4.78, 5) is 2.16. The molecule has 1 saturated heterocycles. The van der Waals surface area contributed by atoms with Crippen molar-refractivity contribution >= 4 is 10.0 Å². The minimum atomic E-state index is -3.77. The molecule has 1 aromatic carbocycles.